The Bertz CT molecular complexity index is 1440. The maximum atomic E-state index is 11.9. The molecule has 1 rings (SSSR count). The van der Waals surface area contributed by atoms with Gasteiger partial charge in [0.15, 0.2) is 0 Å². The van der Waals surface area contributed by atoms with E-state index < -0.39 is 56.3 Å². The molecule has 0 aromatic heterocycles. The molecular weight excluding hydrogens is 598 g/mol. The van der Waals surface area contributed by atoms with Crippen LogP contribution in [-0.2, 0) is 43.0 Å². The van der Waals surface area contributed by atoms with Gasteiger partial charge in [0, 0.05) is 0 Å². The summed E-state index contributed by atoms with van der Waals surface area (Å²) < 4.78 is 42.6. The SMILES string of the molecule is CC(C)(C)OC(=O)/C(C#N)=N/O.CC(C)(C)OC(=O)CC#N.Cc1ccc(S(=O)(=O)O/N=C(\C#N)C(=O)OC(C)(C)C)cc1. The van der Waals surface area contributed by atoms with E-state index in [0.29, 0.717) is 0 Å². The summed E-state index contributed by atoms with van der Waals surface area (Å²) in [6.45, 7) is 16.8. The molecule has 0 radical (unpaired) electrons. The minimum absolute atomic E-state index is 0.136. The molecular formula is C28H37N5O10S. The summed E-state index contributed by atoms with van der Waals surface area (Å²) in [4.78, 5) is 33.0. The molecule has 0 aliphatic rings. The minimum Gasteiger partial charge on any atom is -0.459 e. The highest BCUT2D eigenvalue weighted by atomic mass is 32.2. The van der Waals surface area contributed by atoms with Gasteiger partial charge in [-0.05, 0) is 86.5 Å². The molecule has 16 heteroatoms. The van der Waals surface area contributed by atoms with Crippen LogP contribution in [0.25, 0.3) is 0 Å². The van der Waals surface area contributed by atoms with Crippen molar-refractivity contribution in [3.63, 3.8) is 0 Å². The molecule has 1 aromatic rings. The molecule has 0 amide bonds. The number of esters is 3. The van der Waals surface area contributed by atoms with Crippen molar-refractivity contribution >= 4 is 39.4 Å². The Labute approximate surface area is 257 Å². The van der Waals surface area contributed by atoms with Crippen molar-refractivity contribution in [3.8, 4) is 18.2 Å². The molecule has 0 saturated carbocycles. The highest BCUT2D eigenvalue weighted by Gasteiger charge is 2.24. The standard InChI is InChI=1S/C14H16N2O5S.C7H10N2O3.C7H11NO2/c1-10-5-7-11(8-6-10)22(18,19)21-16-12(9-15)13(17)20-14(2,3)4;1-7(2,3)12-6(10)5(4-8)9-11;1-7(2,3)10-6(9)4-5-8/h5-8H,1-4H3;11H,1-3H3;4H2,1-3H3/b16-12+;9-5+;. The van der Waals surface area contributed by atoms with Crippen LogP contribution in [-0.4, -0.2) is 59.8 Å². The van der Waals surface area contributed by atoms with Gasteiger partial charge in [-0.2, -0.15) is 24.2 Å². The number of benzene rings is 1. The van der Waals surface area contributed by atoms with Crippen molar-refractivity contribution in [2.75, 3.05) is 0 Å². The summed E-state index contributed by atoms with van der Waals surface area (Å²) in [5.74, 6) is -2.45. The normalized spacial score (nSPS) is 11.8. The van der Waals surface area contributed by atoms with Crippen molar-refractivity contribution in [1.29, 1.82) is 15.8 Å². The van der Waals surface area contributed by atoms with Crippen molar-refractivity contribution in [2.24, 2.45) is 10.3 Å². The van der Waals surface area contributed by atoms with E-state index >= 15 is 0 Å². The van der Waals surface area contributed by atoms with Crippen LogP contribution in [0.4, 0.5) is 0 Å². The second kappa shape index (κ2) is 17.8. The first-order valence-electron chi connectivity index (χ1n) is 12.6. The Morgan fingerprint density at radius 1 is 0.773 bits per heavy atom. The van der Waals surface area contributed by atoms with E-state index in [1.807, 2.05) is 0 Å². The Hall–Kier alpha value is -5.01. The minimum atomic E-state index is -4.21. The van der Waals surface area contributed by atoms with Gasteiger partial charge in [-0.3, -0.25) is 9.08 Å². The largest absolute Gasteiger partial charge is 0.459 e. The van der Waals surface area contributed by atoms with Crippen LogP contribution in [0.5, 0.6) is 0 Å². The molecule has 0 saturated heterocycles. The topological polar surface area (TPSA) is 239 Å². The fourth-order valence-electron chi connectivity index (χ4n) is 2.14. The van der Waals surface area contributed by atoms with E-state index in [1.54, 1.807) is 87.4 Å². The molecule has 15 nitrogen and oxygen atoms in total. The van der Waals surface area contributed by atoms with Gasteiger partial charge in [0.1, 0.15) is 40.3 Å². The lowest BCUT2D eigenvalue weighted by atomic mass is 10.2. The van der Waals surface area contributed by atoms with Crippen LogP contribution in [0.3, 0.4) is 0 Å². The molecule has 44 heavy (non-hydrogen) atoms. The first-order chi connectivity index (χ1) is 19.9. The number of hydrogen-bond acceptors (Lipinski definition) is 15. The lowest BCUT2D eigenvalue weighted by Gasteiger charge is -2.18. The fraction of sp³-hybridized carbons (Fsp3) is 0.500. The molecule has 0 fully saturated rings. The Balaban J connectivity index is 0. The van der Waals surface area contributed by atoms with Gasteiger partial charge in [-0.25, -0.2) is 9.59 Å². The summed E-state index contributed by atoms with van der Waals surface area (Å²) in [5, 5.41) is 38.9. The molecule has 0 heterocycles. The third kappa shape index (κ3) is 20.0. The van der Waals surface area contributed by atoms with E-state index in [2.05, 4.69) is 14.6 Å². The molecule has 1 aromatic carbocycles. The van der Waals surface area contributed by atoms with E-state index in [0.717, 1.165) is 5.56 Å². The van der Waals surface area contributed by atoms with Gasteiger partial charge in [-0.1, -0.05) is 22.9 Å². The highest BCUT2D eigenvalue weighted by Crippen LogP contribution is 2.14. The summed E-state index contributed by atoms with van der Waals surface area (Å²) in [5.41, 5.74) is -2.58. The summed E-state index contributed by atoms with van der Waals surface area (Å²) >= 11 is 0. The number of carbonyl (C=O) groups excluding carboxylic acids is 3. The number of ether oxygens (including phenoxy) is 3. The van der Waals surface area contributed by atoms with E-state index in [9.17, 15) is 22.8 Å². The van der Waals surface area contributed by atoms with Gasteiger partial charge in [0.05, 0.1) is 6.07 Å². The quantitative estimate of drug-likeness (QED) is 0.154. The molecule has 0 spiro atoms. The predicted octanol–water partition coefficient (Wildman–Crippen LogP) is 3.85. The maximum absolute atomic E-state index is 11.9. The number of nitrogens with zero attached hydrogens (tertiary/aromatic N) is 5. The maximum Gasteiger partial charge on any atom is 0.372 e. The molecule has 0 atom stereocenters. The number of carbonyl (C=O) groups is 3. The van der Waals surface area contributed by atoms with E-state index in [1.165, 1.54) is 24.3 Å². The number of rotatable bonds is 6. The molecule has 0 bridgehead atoms. The number of hydrogen-bond donors (Lipinski definition) is 1. The average Bonchev–Trinajstić information content (AvgIpc) is 2.83. The van der Waals surface area contributed by atoms with Gasteiger partial charge in [0.2, 0.25) is 0 Å². The van der Waals surface area contributed by atoms with Crippen LogP contribution in [0, 0.1) is 40.9 Å². The number of oxime groups is 2. The summed E-state index contributed by atoms with van der Waals surface area (Å²) in [7, 11) is -4.21. The van der Waals surface area contributed by atoms with Crippen LogP contribution < -0.4 is 0 Å². The summed E-state index contributed by atoms with van der Waals surface area (Å²) in [6, 6.07) is 10.4. The van der Waals surface area contributed by atoms with E-state index in [-0.39, 0.29) is 11.3 Å². The third-order valence-electron chi connectivity index (χ3n) is 3.68. The third-order valence-corrected chi connectivity index (χ3v) is 4.80. The molecule has 0 unspecified atom stereocenters. The molecule has 0 aliphatic heterocycles. The van der Waals surface area contributed by atoms with Crippen LogP contribution >= 0.6 is 0 Å². The van der Waals surface area contributed by atoms with Crippen molar-refractivity contribution in [2.45, 2.75) is 97.4 Å². The molecule has 240 valence electrons. The zero-order valence-electron chi connectivity index (χ0n) is 26.3. The Morgan fingerprint density at radius 3 is 1.52 bits per heavy atom. The van der Waals surface area contributed by atoms with Gasteiger partial charge in [0.25, 0.3) is 11.4 Å². The van der Waals surface area contributed by atoms with Crippen LogP contribution in [0.1, 0.15) is 74.3 Å². The van der Waals surface area contributed by atoms with Crippen LogP contribution in [0.2, 0.25) is 0 Å². The second-order valence-electron chi connectivity index (χ2n) is 11.4. The Kier molecular flexibility index (Phi) is 16.7. The lowest BCUT2D eigenvalue weighted by molar-refractivity contribution is -0.153. The highest BCUT2D eigenvalue weighted by molar-refractivity contribution is 7.86. The predicted molar refractivity (Wildman–Crippen MR) is 155 cm³/mol. The average molecular weight is 636 g/mol. The first kappa shape index (κ1) is 41.1. The Morgan fingerprint density at radius 2 is 1.18 bits per heavy atom. The second-order valence-corrected chi connectivity index (χ2v) is 12.9. The van der Waals surface area contributed by atoms with Crippen molar-refractivity contribution in [1.82, 2.24) is 0 Å². The monoisotopic (exact) mass is 635 g/mol. The zero-order valence-corrected chi connectivity index (χ0v) is 27.1. The van der Waals surface area contributed by atoms with Crippen LogP contribution in [0.15, 0.2) is 39.5 Å². The first-order valence-corrected chi connectivity index (χ1v) is 14.0. The zero-order chi connectivity index (χ0) is 34.9. The van der Waals surface area contributed by atoms with Gasteiger partial charge >= 0.3 is 28.0 Å². The smallest absolute Gasteiger partial charge is 0.372 e. The van der Waals surface area contributed by atoms with Gasteiger partial charge in [-0.15, -0.1) is 0 Å². The number of aryl methyl sites for hydroxylation is 1. The molecule has 0 aliphatic carbocycles. The van der Waals surface area contributed by atoms with Gasteiger partial charge < -0.3 is 19.4 Å². The fourth-order valence-corrected chi connectivity index (χ4v) is 2.87. The lowest BCUT2D eigenvalue weighted by Crippen LogP contribution is -2.28. The van der Waals surface area contributed by atoms with E-state index in [4.69, 9.17) is 35.2 Å². The molecule has 1 N–H and O–H groups in total. The van der Waals surface area contributed by atoms with Crippen molar-refractivity contribution < 1.29 is 46.5 Å². The number of nitriles is 3. The summed E-state index contributed by atoms with van der Waals surface area (Å²) in [6.07, 6.45) is -0.169. The van der Waals surface area contributed by atoms with Crippen molar-refractivity contribution in [3.05, 3.63) is 29.8 Å².